The van der Waals surface area contributed by atoms with Crippen molar-refractivity contribution in [1.82, 2.24) is 0 Å². The molecule has 4 atom stereocenters. The normalized spacial score (nSPS) is 30.3. The first-order chi connectivity index (χ1) is 9.13. The van der Waals surface area contributed by atoms with Gasteiger partial charge in [0.1, 0.15) is 31.0 Å². The number of aliphatic hydroxyl groups excluding tert-OH is 3. The number of rotatable bonds is 4. The topological polar surface area (TPSA) is 96.2 Å². The molecular weight excluding hydrogens is 252 g/mol. The Bertz CT molecular complexity index is 420. The number of carbonyl (C=O) groups excluding carboxylic acids is 1. The summed E-state index contributed by atoms with van der Waals surface area (Å²) in [6.45, 7) is -0.580. The minimum Gasteiger partial charge on any atom is -0.459 e. The molecule has 3 N–H and O–H groups in total. The molecule has 1 aromatic carbocycles. The second-order valence-corrected chi connectivity index (χ2v) is 4.34. The van der Waals surface area contributed by atoms with Crippen LogP contribution in [0, 0.1) is 0 Å². The summed E-state index contributed by atoms with van der Waals surface area (Å²) in [7, 11) is 0. The minimum absolute atomic E-state index is 0.178. The van der Waals surface area contributed by atoms with Crippen molar-refractivity contribution >= 4 is 5.97 Å². The molecule has 6 nitrogen and oxygen atoms in total. The Morgan fingerprint density at radius 1 is 1.16 bits per heavy atom. The third kappa shape index (κ3) is 3.10. The van der Waals surface area contributed by atoms with E-state index in [1.807, 2.05) is 0 Å². The lowest BCUT2D eigenvalue weighted by Crippen LogP contribution is -2.35. The highest BCUT2D eigenvalue weighted by molar-refractivity contribution is 5.89. The SMILES string of the molecule is O=C(OC[C@H]1O[C@H](CO)[C@@H](O)[C@@H]1O)c1ccccc1. The van der Waals surface area contributed by atoms with Gasteiger partial charge in [0.2, 0.25) is 0 Å². The summed E-state index contributed by atoms with van der Waals surface area (Å²) in [5, 5.41) is 28.1. The van der Waals surface area contributed by atoms with Crippen LogP contribution in [0.15, 0.2) is 30.3 Å². The van der Waals surface area contributed by atoms with E-state index < -0.39 is 37.0 Å². The summed E-state index contributed by atoms with van der Waals surface area (Å²) >= 11 is 0. The summed E-state index contributed by atoms with van der Waals surface area (Å²) in [6.07, 6.45) is -4.04. The van der Waals surface area contributed by atoms with Crippen LogP contribution in [0.3, 0.4) is 0 Å². The maximum absolute atomic E-state index is 11.7. The lowest BCUT2D eigenvalue weighted by atomic mass is 10.1. The van der Waals surface area contributed by atoms with Crippen molar-refractivity contribution in [2.24, 2.45) is 0 Å². The predicted octanol–water partition coefficient (Wildman–Crippen LogP) is -0.675. The maximum atomic E-state index is 11.7. The Kier molecular flexibility index (Phi) is 4.49. The highest BCUT2D eigenvalue weighted by Crippen LogP contribution is 2.21. The number of benzene rings is 1. The van der Waals surface area contributed by atoms with E-state index in [2.05, 4.69) is 0 Å². The lowest BCUT2D eigenvalue weighted by Gasteiger charge is -2.14. The molecule has 1 aliphatic rings. The Morgan fingerprint density at radius 3 is 2.37 bits per heavy atom. The first kappa shape index (κ1) is 14.0. The van der Waals surface area contributed by atoms with Gasteiger partial charge in [0, 0.05) is 0 Å². The summed E-state index contributed by atoms with van der Waals surface area (Å²) in [6, 6.07) is 8.42. The summed E-state index contributed by atoms with van der Waals surface area (Å²) in [5.41, 5.74) is 0.397. The van der Waals surface area contributed by atoms with Gasteiger partial charge in [-0.15, -0.1) is 0 Å². The molecule has 0 saturated carbocycles. The number of hydrogen-bond donors (Lipinski definition) is 3. The maximum Gasteiger partial charge on any atom is 0.338 e. The smallest absolute Gasteiger partial charge is 0.338 e. The molecule has 0 unspecified atom stereocenters. The van der Waals surface area contributed by atoms with Crippen LogP contribution < -0.4 is 0 Å². The number of aliphatic hydroxyl groups is 3. The van der Waals surface area contributed by atoms with Crippen LogP contribution in [0.2, 0.25) is 0 Å². The number of esters is 1. The first-order valence-electron chi connectivity index (χ1n) is 5.98. The van der Waals surface area contributed by atoms with Crippen molar-refractivity contribution in [3.8, 4) is 0 Å². The van der Waals surface area contributed by atoms with Crippen molar-refractivity contribution in [3.05, 3.63) is 35.9 Å². The zero-order valence-corrected chi connectivity index (χ0v) is 10.2. The molecule has 0 aliphatic carbocycles. The van der Waals surface area contributed by atoms with Crippen molar-refractivity contribution in [2.45, 2.75) is 24.4 Å². The van der Waals surface area contributed by atoms with Gasteiger partial charge in [0.05, 0.1) is 12.2 Å². The second kappa shape index (κ2) is 6.12. The van der Waals surface area contributed by atoms with Crippen LogP contribution in [0.5, 0.6) is 0 Å². The van der Waals surface area contributed by atoms with Crippen molar-refractivity contribution < 1.29 is 29.6 Å². The van der Waals surface area contributed by atoms with Gasteiger partial charge in [-0.2, -0.15) is 0 Å². The number of carbonyl (C=O) groups is 1. The van der Waals surface area contributed by atoms with Gasteiger partial charge in [-0.05, 0) is 12.1 Å². The predicted molar refractivity (Wildman–Crippen MR) is 64.5 cm³/mol. The fraction of sp³-hybridized carbons (Fsp3) is 0.462. The number of ether oxygens (including phenoxy) is 2. The molecule has 0 amide bonds. The average molecular weight is 268 g/mol. The van der Waals surface area contributed by atoms with Crippen LogP contribution >= 0.6 is 0 Å². The van der Waals surface area contributed by atoms with Gasteiger partial charge in [-0.3, -0.25) is 0 Å². The fourth-order valence-corrected chi connectivity index (χ4v) is 1.93. The molecule has 0 bridgehead atoms. The van der Waals surface area contributed by atoms with E-state index in [0.29, 0.717) is 5.56 Å². The second-order valence-electron chi connectivity index (χ2n) is 4.34. The van der Waals surface area contributed by atoms with Crippen molar-refractivity contribution in [3.63, 3.8) is 0 Å². The highest BCUT2D eigenvalue weighted by Gasteiger charge is 2.42. The zero-order chi connectivity index (χ0) is 13.8. The standard InChI is InChI=1S/C13H16O6/c14-6-9-11(15)12(16)10(19-9)7-18-13(17)8-4-2-1-3-5-8/h1-5,9-12,14-16H,6-7H2/t9-,10-,11-,12-/m1/s1. The molecule has 0 aromatic heterocycles. The quantitative estimate of drug-likeness (QED) is 0.626. The monoisotopic (exact) mass is 268 g/mol. The molecule has 6 heteroatoms. The average Bonchev–Trinajstić information content (AvgIpc) is 2.73. The Morgan fingerprint density at radius 2 is 1.79 bits per heavy atom. The molecule has 1 heterocycles. The van der Waals surface area contributed by atoms with E-state index >= 15 is 0 Å². The van der Waals surface area contributed by atoms with E-state index in [0.717, 1.165) is 0 Å². The number of hydrogen-bond acceptors (Lipinski definition) is 6. The lowest BCUT2D eigenvalue weighted by molar-refractivity contribution is -0.0464. The van der Waals surface area contributed by atoms with Gasteiger partial charge in [0.25, 0.3) is 0 Å². The summed E-state index contributed by atoms with van der Waals surface area (Å²) in [4.78, 5) is 11.7. The van der Waals surface area contributed by atoms with E-state index in [1.54, 1.807) is 30.3 Å². The molecule has 1 fully saturated rings. The van der Waals surface area contributed by atoms with Gasteiger partial charge in [-0.1, -0.05) is 18.2 Å². The van der Waals surface area contributed by atoms with Gasteiger partial charge in [-0.25, -0.2) is 4.79 Å². The van der Waals surface area contributed by atoms with Crippen LogP contribution in [0.25, 0.3) is 0 Å². The molecule has 1 aromatic rings. The Balaban J connectivity index is 1.88. The van der Waals surface area contributed by atoms with E-state index in [-0.39, 0.29) is 6.61 Å². The molecule has 0 radical (unpaired) electrons. The molecular formula is C13H16O6. The van der Waals surface area contributed by atoms with E-state index in [1.165, 1.54) is 0 Å². The molecule has 1 aliphatic heterocycles. The summed E-state index contributed by atoms with van der Waals surface area (Å²) < 4.78 is 10.2. The molecule has 2 rings (SSSR count). The Hall–Kier alpha value is -1.47. The molecule has 104 valence electrons. The van der Waals surface area contributed by atoms with Gasteiger partial charge >= 0.3 is 5.97 Å². The first-order valence-corrected chi connectivity index (χ1v) is 5.98. The largest absolute Gasteiger partial charge is 0.459 e. The van der Waals surface area contributed by atoms with Gasteiger partial charge in [0.15, 0.2) is 0 Å². The third-order valence-corrected chi connectivity index (χ3v) is 3.03. The third-order valence-electron chi connectivity index (χ3n) is 3.03. The van der Waals surface area contributed by atoms with Crippen LogP contribution in [0.4, 0.5) is 0 Å². The zero-order valence-electron chi connectivity index (χ0n) is 10.2. The Labute approximate surface area is 110 Å². The van der Waals surface area contributed by atoms with Crippen LogP contribution in [-0.4, -0.2) is 58.9 Å². The molecule has 0 spiro atoms. The highest BCUT2D eigenvalue weighted by atomic mass is 16.6. The summed E-state index contributed by atoms with van der Waals surface area (Å²) in [5.74, 6) is -0.529. The van der Waals surface area contributed by atoms with Crippen molar-refractivity contribution in [2.75, 3.05) is 13.2 Å². The van der Waals surface area contributed by atoms with Gasteiger partial charge < -0.3 is 24.8 Å². The van der Waals surface area contributed by atoms with E-state index in [9.17, 15) is 15.0 Å². The molecule has 19 heavy (non-hydrogen) atoms. The fourth-order valence-electron chi connectivity index (χ4n) is 1.93. The van der Waals surface area contributed by atoms with Crippen LogP contribution in [0.1, 0.15) is 10.4 Å². The van der Waals surface area contributed by atoms with E-state index in [4.69, 9.17) is 14.6 Å². The van der Waals surface area contributed by atoms with Crippen molar-refractivity contribution in [1.29, 1.82) is 0 Å². The minimum atomic E-state index is -1.18. The molecule has 1 saturated heterocycles. The van der Waals surface area contributed by atoms with Crippen LogP contribution in [-0.2, 0) is 9.47 Å².